The SMILES string of the molecule is CC(=O)Nc1nc2ccc(-c3cncc(S(C)(=O)=O)c3)cn2c1C. The van der Waals surface area contributed by atoms with Gasteiger partial charge in [-0.2, -0.15) is 0 Å². The number of aromatic nitrogens is 3. The number of anilines is 1. The van der Waals surface area contributed by atoms with Gasteiger partial charge in [0, 0.05) is 42.9 Å². The van der Waals surface area contributed by atoms with Crippen molar-refractivity contribution in [1.82, 2.24) is 14.4 Å². The first-order chi connectivity index (χ1) is 11.3. The molecule has 0 atom stereocenters. The molecule has 0 bridgehead atoms. The van der Waals surface area contributed by atoms with E-state index in [4.69, 9.17) is 0 Å². The summed E-state index contributed by atoms with van der Waals surface area (Å²) < 4.78 is 25.2. The van der Waals surface area contributed by atoms with Crippen molar-refractivity contribution >= 4 is 27.2 Å². The van der Waals surface area contributed by atoms with Gasteiger partial charge < -0.3 is 9.72 Å². The van der Waals surface area contributed by atoms with Crippen LogP contribution < -0.4 is 5.32 Å². The Morgan fingerprint density at radius 1 is 1.21 bits per heavy atom. The zero-order valence-electron chi connectivity index (χ0n) is 13.4. The van der Waals surface area contributed by atoms with Crippen molar-refractivity contribution in [2.24, 2.45) is 0 Å². The Labute approximate surface area is 139 Å². The zero-order chi connectivity index (χ0) is 17.5. The fraction of sp³-hybridized carbons (Fsp3) is 0.188. The fourth-order valence-corrected chi connectivity index (χ4v) is 2.99. The molecule has 3 aromatic heterocycles. The van der Waals surface area contributed by atoms with E-state index in [1.165, 1.54) is 13.1 Å². The monoisotopic (exact) mass is 344 g/mol. The number of hydrogen-bond acceptors (Lipinski definition) is 5. The van der Waals surface area contributed by atoms with Crippen LogP contribution in [0, 0.1) is 6.92 Å². The van der Waals surface area contributed by atoms with E-state index in [0.717, 1.165) is 17.5 Å². The molecule has 0 radical (unpaired) electrons. The molecule has 0 saturated carbocycles. The molecule has 1 amide bonds. The van der Waals surface area contributed by atoms with Gasteiger partial charge in [0.1, 0.15) is 5.65 Å². The lowest BCUT2D eigenvalue weighted by Gasteiger charge is -2.05. The number of sulfone groups is 1. The molecular formula is C16H16N4O3S. The van der Waals surface area contributed by atoms with Crippen LogP contribution in [0.3, 0.4) is 0 Å². The summed E-state index contributed by atoms with van der Waals surface area (Å²) in [6.45, 7) is 3.28. The van der Waals surface area contributed by atoms with Crippen molar-refractivity contribution in [3.63, 3.8) is 0 Å². The minimum absolute atomic E-state index is 0.168. The van der Waals surface area contributed by atoms with Crippen LogP contribution in [0.5, 0.6) is 0 Å². The van der Waals surface area contributed by atoms with Crippen molar-refractivity contribution in [2.45, 2.75) is 18.7 Å². The lowest BCUT2D eigenvalue weighted by atomic mass is 10.1. The standard InChI is InChI=1S/C16H16N4O3S/c1-10-16(18-11(2)21)19-15-5-4-12(9-20(10)15)13-6-14(8-17-7-13)24(3,22)23/h4-9H,1-3H3,(H,18,21). The third-order valence-electron chi connectivity index (χ3n) is 3.63. The highest BCUT2D eigenvalue weighted by molar-refractivity contribution is 7.90. The van der Waals surface area contributed by atoms with Crippen LogP contribution in [0.25, 0.3) is 16.8 Å². The molecule has 8 heteroatoms. The second kappa shape index (κ2) is 5.72. The number of imidazole rings is 1. The molecule has 0 aliphatic carbocycles. The molecule has 0 aliphatic rings. The van der Waals surface area contributed by atoms with Crippen LogP contribution in [-0.2, 0) is 14.6 Å². The van der Waals surface area contributed by atoms with Crippen LogP contribution in [-0.4, -0.2) is 34.9 Å². The first kappa shape index (κ1) is 16.1. The van der Waals surface area contributed by atoms with Gasteiger partial charge >= 0.3 is 0 Å². The second-order valence-electron chi connectivity index (χ2n) is 5.55. The molecule has 7 nitrogen and oxygen atoms in total. The number of carbonyl (C=O) groups is 1. The van der Waals surface area contributed by atoms with Gasteiger partial charge in [-0.25, -0.2) is 13.4 Å². The lowest BCUT2D eigenvalue weighted by molar-refractivity contribution is -0.114. The summed E-state index contributed by atoms with van der Waals surface area (Å²) in [6.07, 6.45) is 5.92. The molecule has 3 aromatic rings. The van der Waals surface area contributed by atoms with Gasteiger partial charge in [0.2, 0.25) is 5.91 Å². The summed E-state index contributed by atoms with van der Waals surface area (Å²) in [5.41, 5.74) is 2.96. The smallest absolute Gasteiger partial charge is 0.222 e. The summed E-state index contributed by atoms with van der Waals surface area (Å²) in [7, 11) is -3.32. The summed E-state index contributed by atoms with van der Waals surface area (Å²) in [4.78, 5) is 19.8. The Bertz CT molecular complexity index is 1050. The summed E-state index contributed by atoms with van der Waals surface area (Å²) in [6, 6.07) is 5.23. The van der Waals surface area contributed by atoms with E-state index < -0.39 is 9.84 Å². The van der Waals surface area contributed by atoms with Gasteiger partial charge in [-0.05, 0) is 25.1 Å². The quantitative estimate of drug-likeness (QED) is 0.785. The second-order valence-corrected chi connectivity index (χ2v) is 7.57. The van der Waals surface area contributed by atoms with E-state index in [9.17, 15) is 13.2 Å². The van der Waals surface area contributed by atoms with Gasteiger partial charge in [-0.1, -0.05) is 0 Å². The lowest BCUT2D eigenvalue weighted by Crippen LogP contribution is -2.07. The molecule has 0 spiro atoms. The Hall–Kier alpha value is -2.74. The third kappa shape index (κ3) is 3.00. The molecule has 0 saturated heterocycles. The molecule has 0 fully saturated rings. The first-order valence-electron chi connectivity index (χ1n) is 7.17. The Balaban J connectivity index is 2.11. The highest BCUT2D eigenvalue weighted by atomic mass is 32.2. The third-order valence-corrected chi connectivity index (χ3v) is 4.71. The number of hydrogen-bond donors (Lipinski definition) is 1. The minimum atomic E-state index is -3.32. The van der Waals surface area contributed by atoms with Gasteiger partial charge in [0.15, 0.2) is 15.7 Å². The average Bonchev–Trinajstić information content (AvgIpc) is 2.82. The van der Waals surface area contributed by atoms with Crippen LogP contribution in [0.15, 0.2) is 41.7 Å². The predicted octanol–water partition coefficient (Wildman–Crippen LogP) is 2.07. The molecule has 24 heavy (non-hydrogen) atoms. The molecule has 0 aliphatic heterocycles. The maximum absolute atomic E-state index is 11.7. The number of rotatable bonds is 3. The Kier molecular flexibility index (Phi) is 3.84. The number of nitrogens with zero attached hydrogens (tertiary/aromatic N) is 3. The number of amides is 1. The topological polar surface area (TPSA) is 93.4 Å². The highest BCUT2D eigenvalue weighted by Crippen LogP contribution is 2.24. The normalized spacial score (nSPS) is 11.6. The van der Waals surface area contributed by atoms with E-state index in [1.54, 1.807) is 18.3 Å². The number of nitrogens with one attached hydrogen (secondary N) is 1. The van der Waals surface area contributed by atoms with Crippen LogP contribution >= 0.6 is 0 Å². The number of fused-ring (bicyclic) bond motifs is 1. The van der Waals surface area contributed by atoms with Crippen molar-refractivity contribution in [2.75, 3.05) is 11.6 Å². The van der Waals surface area contributed by atoms with Crippen LogP contribution in [0.2, 0.25) is 0 Å². The largest absolute Gasteiger partial charge is 0.309 e. The van der Waals surface area contributed by atoms with E-state index in [0.29, 0.717) is 17.0 Å². The van der Waals surface area contributed by atoms with Crippen LogP contribution in [0.1, 0.15) is 12.6 Å². The summed E-state index contributed by atoms with van der Waals surface area (Å²) in [5, 5.41) is 2.69. The van der Waals surface area contributed by atoms with Gasteiger partial charge in [0.25, 0.3) is 0 Å². The Morgan fingerprint density at radius 2 is 1.96 bits per heavy atom. The fourth-order valence-electron chi connectivity index (χ4n) is 2.40. The Morgan fingerprint density at radius 3 is 2.62 bits per heavy atom. The van der Waals surface area contributed by atoms with E-state index in [1.807, 2.05) is 23.6 Å². The number of aryl methyl sites for hydroxylation is 1. The minimum Gasteiger partial charge on any atom is -0.309 e. The molecule has 0 unspecified atom stereocenters. The summed E-state index contributed by atoms with van der Waals surface area (Å²) >= 11 is 0. The number of carbonyl (C=O) groups excluding carboxylic acids is 1. The molecule has 3 rings (SSSR count). The van der Waals surface area contributed by atoms with Gasteiger partial charge in [-0.15, -0.1) is 0 Å². The predicted molar refractivity (Wildman–Crippen MR) is 90.6 cm³/mol. The zero-order valence-corrected chi connectivity index (χ0v) is 14.3. The van der Waals surface area contributed by atoms with E-state index >= 15 is 0 Å². The van der Waals surface area contributed by atoms with Crippen molar-refractivity contribution in [3.8, 4) is 11.1 Å². The maximum atomic E-state index is 11.7. The number of pyridine rings is 2. The van der Waals surface area contributed by atoms with Gasteiger partial charge in [0.05, 0.1) is 10.6 Å². The van der Waals surface area contributed by atoms with Crippen LogP contribution in [0.4, 0.5) is 5.82 Å². The van der Waals surface area contributed by atoms with E-state index in [2.05, 4.69) is 15.3 Å². The molecule has 1 N–H and O–H groups in total. The molecular weight excluding hydrogens is 328 g/mol. The highest BCUT2D eigenvalue weighted by Gasteiger charge is 2.12. The molecule has 0 aromatic carbocycles. The van der Waals surface area contributed by atoms with Crippen molar-refractivity contribution < 1.29 is 13.2 Å². The molecule has 3 heterocycles. The maximum Gasteiger partial charge on any atom is 0.222 e. The van der Waals surface area contributed by atoms with Crippen molar-refractivity contribution in [1.29, 1.82) is 0 Å². The average molecular weight is 344 g/mol. The first-order valence-corrected chi connectivity index (χ1v) is 9.06. The van der Waals surface area contributed by atoms with Crippen molar-refractivity contribution in [3.05, 3.63) is 42.5 Å². The summed E-state index contributed by atoms with van der Waals surface area (Å²) in [5.74, 6) is 0.314. The molecule has 124 valence electrons. The van der Waals surface area contributed by atoms with E-state index in [-0.39, 0.29) is 10.8 Å². The van der Waals surface area contributed by atoms with Gasteiger partial charge in [-0.3, -0.25) is 9.78 Å².